The summed E-state index contributed by atoms with van der Waals surface area (Å²) in [5, 5.41) is 3.93. The lowest BCUT2D eigenvalue weighted by atomic mass is 9.99. The van der Waals surface area contributed by atoms with Crippen LogP contribution in [0.5, 0.6) is 5.75 Å². The average Bonchev–Trinajstić information content (AvgIpc) is 2.64. The molecule has 27 heavy (non-hydrogen) atoms. The molecule has 0 atom stereocenters. The van der Waals surface area contributed by atoms with Crippen molar-refractivity contribution in [2.75, 3.05) is 29.9 Å². The third-order valence-electron chi connectivity index (χ3n) is 4.82. The molecule has 6 heteroatoms. The van der Waals surface area contributed by atoms with E-state index in [0.29, 0.717) is 33.7 Å². The largest absolute Gasteiger partial charge is 0.492 e. The van der Waals surface area contributed by atoms with Crippen molar-refractivity contribution in [3.8, 4) is 5.75 Å². The SMILES string of the molecule is CCOc1ccc(C(=O)Nc2ccc(N3CCC(C)CC3)c(Cl)c2)cc1Cl. The highest BCUT2D eigenvalue weighted by Crippen LogP contribution is 2.32. The fourth-order valence-electron chi connectivity index (χ4n) is 3.21. The quantitative estimate of drug-likeness (QED) is 0.673. The Morgan fingerprint density at radius 1 is 1.15 bits per heavy atom. The molecule has 1 aliphatic heterocycles. The van der Waals surface area contributed by atoms with Gasteiger partial charge in [-0.15, -0.1) is 0 Å². The van der Waals surface area contributed by atoms with E-state index in [1.54, 1.807) is 24.3 Å². The van der Waals surface area contributed by atoms with Gasteiger partial charge in [0.25, 0.3) is 5.91 Å². The molecule has 0 bridgehead atoms. The van der Waals surface area contributed by atoms with Gasteiger partial charge in [0, 0.05) is 24.3 Å². The van der Waals surface area contributed by atoms with Crippen LogP contribution >= 0.6 is 23.2 Å². The van der Waals surface area contributed by atoms with Gasteiger partial charge in [0.05, 0.1) is 22.3 Å². The first-order valence-electron chi connectivity index (χ1n) is 9.26. The van der Waals surface area contributed by atoms with E-state index < -0.39 is 0 Å². The van der Waals surface area contributed by atoms with Crippen LogP contribution in [0.2, 0.25) is 10.0 Å². The third-order valence-corrected chi connectivity index (χ3v) is 5.42. The Morgan fingerprint density at radius 3 is 2.52 bits per heavy atom. The van der Waals surface area contributed by atoms with E-state index in [-0.39, 0.29) is 5.91 Å². The van der Waals surface area contributed by atoms with Crippen molar-refractivity contribution >= 4 is 40.5 Å². The molecule has 0 unspecified atom stereocenters. The number of rotatable bonds is 5. The standard InChI is InChI=1S/C21H24Cl2N2O2/c1-3-27-20-7-4-15(12-18(20)23)21(26)24-16-5-6-19(17(22)13-16)25-10-8-14(2)9-11-25/h4-7,12-14H,3,8-11H2,1-2H3,(H,24,26). The van der Waals surface area contributed by atoms with Gasteiger partial charge in [-0.2, -0.15) is 0 Å². The van der Waals surface area contributed by atoms with Gasteiger partial charge in [-0.1, -0.05) is 30.1 Å². The fraction of sp³-hybridized carbons (Fsp3) is 0.381. The minimum atomic E-state index is -0.240. The van der Waals surface area contributed by atoms with Gasteiger partial charge in [0.15, 0.2) is 0 Å². The van der Waals surface area contributed by atoms with E-state index in [0.717, 1.165) is 24.7 Å². The molecule has 144 valence electrons. The van der Waals surface area contributed by atoms with Crippen molar-refractivity contribution in [2.24, 2.45) is 5.92 Å². The number of anilines is 2. The zero-order valence-electron chi connectivity index (χ0n) is 15.6. The van der Waals surface area contributed by atoms with Crippen LogP contribution in [0.15, 0.2) is 36.4 Å². The Labute approximate surface area is 170 Å². The van der Waals surface area contributed by atoms with Gasteiger partial charge in [0.2, 0.25) is 0 Å². The number of nitrogens with one attached hydrogen (secondary N) is 1. The minimum Gasteiger partial charge on any atom is -0.492 e. The number of amides is 1. The van der Waals surface area contributed by atoms with Gasteiger partial charge in [0.1, 0.15) is 5.75 Å². The summed E-state index contributed by atoms with van der Waals surface area (Å²) in [4.78, 5) is 14.8. The van der Waals surface area contributed by atoms with Crippen molar-refractivity contribution in [3.05, 3.63) is 52.0 Å². The lowest BCUT2D eigenvalue weighted by molar-refractivity contribution is 0.102. The van der Waals surface area contributed by atoms with Crippen LogP contribution in [0.3, 0.4) is 0 Å². The molecule has 1 saturated heterocycles. The van der Waals surface area contributed by atoms with Gasteiger partial charge < -0.3 is 15.0 Å². The molecule has 0 aliphatic carbocycles. The second-order valence-electron chi connectivity index (χ2n) is 6.87. The number of hydrogen-bond donors (Lipinski definition) is 1. The summed E-state index contributed by atoms with van der Waals surface area (Å²) < 4.78 is 5.40. The van der Waals surface area contributed by atoms with Crippen molar-refractivity contribution in [3.63, 3.8) is 0 Å². The molecule has 0 radical (unpaired) electrons. The monoisotopic (exact) mass is 406 g/mol. The highest BCUT2D eigenvalue weighted by Gasteiger charge is 2.18. The number of carbonyl (C=O) groups excluding carboxylic acids is 1. The third kappa shape index (κ3) is 4.88. The number of carbonyl (C=O) groups is 1. The smallest absolute Gasteiger partial charge is 0.255 e. The fourth-order valence-corrected chi connectivity index (χ4v) is 3.74. The summed E-state index contributed by atoms with van der Waals surface area (Å²) >= 11 is 12.6. The zero-order chi connectivity index (χ0) is 19.4. The van der Waals surface area contributed by atoms with Crippen molar-refractivity contribution in [1.82, 2.24) is 0 Å². The van der Waals surface area contributed by atoms with E-state index >= 15 is 0 Å². The summed E-state index contributed by atoms with van der Waals surface area (Å²) in [5.74, 6) is 1.09. The Hall–Kier alpha value is -1.91. The van der Waals surface area contributed by atoms with Crippen LogP contribution in [0.1, 0.15) is 37.0 Å². The molecular weight excluding hydrogens is 383 g/mol. The molecule has 2 aromatic rings. The summed E-state index contributed by atoms with van der Waals surface area (Å²) in [6, 6.07) is 10.6. The van der Waals surface area contributed by atoms with E-state index in [4.69, 9.17) is 27.9 Å². The van der Waals surface area contributed by atoms with Gasteiger partial charge in [-0.3, -0.25) is 4.79 Å². The van der Waals surface area contributed by atoms with Crippen LogP contribution in [-0.4, -0.2) is 25.6 Å². The molecule has 1 fully saturated rings. The molecular formula is C21H24Cl2N2O2. The van der Waals surface area contributed by atoms with Crippen LogP contribution in [0.25, 0.3) is 0 Å². The van der Waals surface area contributed by atoms with Crippen molar-refractivity contribution in [2.45, 2.75) is 26.7 Å². The second kappa shape index (κ2) is 8.85. The molecule has 1 aliphatic rings. The number of piperidine rings is 1. The molecule has 1 N–H and O–H groups in total. The van der Waals surface area contributed by atoms with Crippen LogP contribution in [-0.2, 0) is 0 Å². The molecule has 3 rings (SSSR count). The van der Waals surface area contributed by atoms with Crippen LogP contribution in [0, 0.1) is 5.92 Å². The second-order valence-corrected chi connectivity index (χ2v) is 7.68. The van der Waals surface area contributed by atoms with Gasteiger partial charge >= 0.3 is 0 Å². The molecule has 4 nitrogen and oxygen atoms in total. The molecule has 0 saturated carbocycles. The van der Waals surface area contributed by atoms with E-state index in [1.165, 1.54) is 12.8 Å². The molecule has 0 spiro atoms. The molecule has 0 aromatic heterocycles. The summed E-state index contributed by atoms with van der Waals surface area (Å²) in [6.07, 6.45) is 2.35. The van der Waals surface area contributed by atoms with Crippen molar-refractivity contribution < 1.29 is 9.53 Å². The summed E-state index contributed by atoms with van der Waals surface area (Å²) in [5.41, 5.74) is 2.14. The van der Waals surface area contributed by atoms with E-state index in [1.807, 2.05) is 19.1 Å². The Morgan fingerprint density at radius 2 is 1.89 bits per heavy atom. The highest BCUT2D eigenvalue weighted by molar-refractivity contribution is 6.34. The predicted octanol–water partition coefficient (Wildman–Crippen LogP) is 5.88. The minimum absolute atomic E-state index is 0.240. The van der Waals surface area contributed by atoms with Crippen LogP contribution in [0.4, 0.5) is 11.4 Å². The number of halogens is 2. The number of nitrogens with zero attached hydrogens (tertiary/aromatic N) is 1. The Kier molecular flexibility index (Phi) is 6.51. The predicted molar refractivity (Wildman–Crippen MR) is 113 cm³/mol. The lowest BCUT2D eigenvalue weighted by Crippen LogP contribution is -2.32. The maximum absolute atomic E-state index is 12.5. The first kappa shape index (κ1) is 19.8. The lowest BCUT2D eigenvalue weighted by Gasteiger charge is -2.32. The van der Waals surface area contributed by atoms with Crippen LogP contribution < -0.4 is 15.0 Å². The first-order valence-corrected chi connectivity index (χ1v) is 10.0. The number of ether oxygens (including phenoxy) is 1. The average molecular weight is 407 g/mol. The molecule has 1 heterocycles. The molecule has 1 amide bonds. The maximum Gasteiger partial charge on any atom is 0.255 e. The summed E-state index contributed by atoms with van der Waals surface area (Å²) in [7, 11) is 0. The van der Waals surface area contributed by atoms with E-state index in [9.17, 15) is 4.79 Å². The zero-order valence-corrected chi connectivity index (χ0v) is 17.1. The van der Waals surface area contributed by atoms with Gasteiger partial charge in [-0.25, -0.2) is 0 Å². The van der Waals surface area contributed by atoms with Crippen molar-refractivity contribution in [1.29, 1.82) is 0 Å². The first-order chi connectivity index (χ1) is 13.0. The highest BCUT2D eigenvalue weighted by atomic mass is 35.5. The number of benzene rings is 2. The Bertz CT molecular complexity index is 818. The van der Waals surface area contributed by atoms with E-state index in [2.05, 4.69) is 17.1 Å². The summed E-state index contributed by atoms with van der Waals surface area (Å²) in [6.45, 7) is 6.71. The van der Waals surface area contributed by atoms with Gasteiger partial charge in [-0.05, 0) is 62.1 Å². The normalized spacial score (nSPS) is 14.9. The molecule has 2 aromatic carbocycles. The topological polar surface area (TPSA) is 41.6 Å². The Balaban J connectivity index is 1.69. The maximum atomic E-state index is 12.5. The number of hydrogen-bond acceptors (Lipinski definition) is 3.